The summed E-state index contributed by atoms with van der Waals surface area (Å²) in [6.07, 6.45) is 4.19. The quantitative estimate of drug-likeness (QED) is 0.559. The Balaban J connectivity index is 3.08. The summed E-state index contributed by atoms with van der Waals surface area (Å²) in [6.45, 7) is 3.96. The maximum Gasteiger partial charge on any atom is 0.334 e. The number of carbonyl (C=O) groups excluding carboxylic acids is 2. The van der Waals surface area contributed by atoms with Gasteiger partial charge in [-0.2, -0.15) is 0 Å². The van der Waals surface area contributed by atoms with Crippen molar-refractivity contribution in [3.05, 3.63) is 21.6 Å². The van der Waals surface area contributed by atoms with E-state index in [0.29, 0.717) is 24.2 Å². The highest BCUT2D eigenvalue weighted by Gasteiger charge is 2.23. The lowest BCUT2D eigenvalue weighted by atomic mass is 9.92. The van der Waals surface area contributed by atoms with E-state index in [1.807, 2.05) is 13.2 Å². The van der Waals surface area contributed by atoms with Crippen molar-refractivity contribution in [3.8, 4) is 0 Å². The monoisotopic (exact) mass is 240 g/mol. The molecule has 1 aliphatic rings. The Morgan fingerprint density at radius 2 is 2.19 bits per heavy atom. The van der Waals surface area contributed by atoms with Crippen LogP contribution in [0.25, 0.3) is 0 Å². The first-order valence-corrected chi connectivity index (χ1v) is 6.47. The SMILES string of the molecule is CCOC(=O)C1=C(C)C(C=O)=C(SC)CC1. The van der Waals surface area contributed by atoms with E-state index in [1.54, 1.807) is 18.7 Å². The number of aldehydes is 1. The molecule has 3 nitrogen and oxygen atoms in total. The van der Waals surface area contributed by atoms with Crippen molar-refractivity contribution in [1.29, 1.82) is 0 Å². The molecule has 0 amide bonds. The van der Waals surface area contributed by atoms with Gasteiger partial charge >= 0.3 is 5.97 Å². The average molecular weight is 240 g/mol. The highest BCUT2D eigenvalue weighted by atomic mass is 32.2. The number of thioether (sulfide) groups is 1. The van der Waals surface area contributed by atoms with Crippen molar-refractivity contribution in [2.75, 3.05) is 12.9 Å². The highest BCUT2D eigenvalue weighted by Crippen LogP contribution is 2.34. The standard InChI is InChI=1S/C12H16O3S/c1-4-15-12(14)9-5-6-11(16-3)10(7-13)8(9)2/h7H,4-6H2,1-3H3. The van der Waals surface area contributed by atoms with Gasteiger partial charge in [0, 0.05) is 11.1 Å². The Morgan fingerprint density at radius 1 is 1.50 bits per heavy atom. The van der Waals surface area contributed by atoms with Crippen LogP contribution in [0.3, 0.4) is 0 Å². The molecule has 0 N–H and O–H groups in total. The predicted molar refractivity (Wildman–Crippen MR) is 65.2 cm³/mol. The van der Waals surface area contributed by atoms with Crippen LogP contribution in [0.1, 0.15) is 26.7 Å². The van der Waals surface area contributed by atoms with Crippen LogP contribution < -0.4 is 0 Å². The Bertz CT molecular complexity index is 366. The van der Waals surface area contributed by atoms with E-state index in [9.17, 15) is 9.59 Å². The topological polar surface area (TPSA) is 43.4 Å². The van der Waals surface area contributed by atoms with Gasteiger partial charge in [-0.1, -0.05) is 0 Å². The van der Waals surface area contributed by atoms with Gasteiger partial charge in [-0.05, 0) is 43.4 Å². The van der Waals surface area contributed by atoms with E-state index in [1.165, 1.54) is 0 Å². The summed E-state index contributed by atoms with van der Waals surface area (Å²) in [7, 11) is 0. The first-order valence-electron chi connectivity index (χ1n) is 5.25. The average Bonchev–Trinajstić information content (AvgIpc) is 2.28. The molecular formula is C12H16O3S. The number of esters is 1. The molecular weight excluding hydrogens is 224 g/mol. The smallest absolute Gasteiger partial charge is 0.334 e. The molecule has 0 atom stereocenters. The number of hydrogen-bond acceptors (Lipinski definition) is 4. The van der Waals surface area contributed by atoms with Gasteiger partial charge in [0.05, 0.1) is 6.61 Å². The lowest BCUT2D eigenvalue weighted by Crippen LogP contribution is -2.14. The summed E-state index contributed by atoms with van der Waals surface area (Å²) >= 11 is 1.57. The fraction of sp³-hybridized carbons (Fsp3) is 0.500. The number of hydrogen-bond donors (Lipinski definition) is 0. The summed E-state index contributed by atoms with van der Waals surface area (Å²) in [5.74, 6) is -0.292. The lowest BCUT2D eigenvalue weighted by Gasteiger charge is -2.19. The highest BCUT2D eigenvalue weighted by molar-refractivity contribution is 8.02. The number of allylic oxidation sites excluding steroid dienone is 3. The molecule has 0 bridgehead atoms. The molecule has 0 aliphatic heterocycles. The molecule has 0 aromatic rings. The van der Waals surface area contributed by atoms with E-state index < -0.39 is 0 Å². The molecule has 1 aliphatic carbocycles. The molecule has 0 spiro atoms. The van der Waals surface area contributed by atoms with E-state index in [-0.39, 0.29) is 5.97 Å². The maximum atomic E-state index is 11.6. The van der Waals surface area contributed by atoms with Gasteiger partial charge in [0.1, 0.15) is 0 Å². The molecule has 1 rings (SSSR count). The first kappa shape index (κ1) is 13.0. The van der Waals surface area contributed by atoms with Gasteiger partial charge in [0.2, 0.25) is 0 Å². The van der Waals surface area contributed by atoms with Gasteiger partial charge in [0.25, 0.3) is 0 Å². The van der Waals surface area contributed by atoms with E-state index >= 15 is 0 Å². The van der Waals surface area contributed by atoms with Crippen molar-refractivity contribution in [2.45, 2.75) is 26.7 Å². The molecule has 0 saturated carbocycles. The minimum Gasteiger partial charge on any atom is -0.463 e. The molecule has 16 heavy (non-hydrogen) atoms. The largest absolute Gasteiger partial charge is 0.463 e. The van der Waals surface area contributed by atoms with Crippen molar-refractivity contribution in [3.63, 3.8) is 0 Å². The van der Waals surface area contributed by atoms with Crippen LogP contribution in [0.5, 0.6) is 0 Å². The van der Waals surface area contributed by atoms with Crippen LogP contribution in [-0.4, -0.2) is 25.1 Å². The van der Waals surface area contributed by atoms with Gasteiger partial charge < -0.3 is 4.74 Å². The molecule has 0 saturated heterocycles. The predicted octanol–water partition coefficient (Wildman–Crippen LogP) is 2.48. The summed E-state index contributed by atoms with van der Waals surface area (Å²) in [6, 6.07) is 0. The third kappa shape index (κ3) is 2.55. The van der Waals surface area contributed by atoms with E-state index in [0.717, 1.165) is 23.2 Å². The fourth-order valence-electron chi connectivity index (χ4n) is 1.77. The number of ether oxygens (including phenoxy) is 1. The molecule has 0 fully saturated rings. The Hall–Kier alpha value is -1.03. The van der Waals surface area contributed by atoms with Crippen LogP contribution in [0.2, 0.25) is 0 Å². The van der Waals surface area contributed by atoms with Gasteiger partial charge in [-0.15, -0.1) is 11.8 Å². The van der Waals surface area contributed by atoms with Crippen molar-refractivity contribution in [1.82, 2.24) is 0 Å². The summed E-state index contributed by atoms with van der Waals surface area (Å²) in [4.78, 5) is 23.7. The maximum absolute atomic E-state index is 11.6. The van der Waals surface area contributed by atoms with E-state index in [4.69, 9.17) is 4.74 Å². The third-order valence-corrected chi connectivity index (χ3v) is 3.56. The van der Waals surface area contributed by atoms with Gasteiger partial charge in [0.15, 0.2) is 6.29 Å². The second kappa shape index (κ2) is 5.89. The van der Waals surface area contributed by atoms with Crippen molar-refractivity contribution < 1.29 is 14.3 Å². The molecule has 0 radical (unpaired) electrons. The number of rotatable bonds is 4. The normalized spacial score (nSPS) is 16.4. The third-order valence-electron chi connectivity index (χ3n) is 2.65. The van der Waals surface area contributed by atoms with Crippen LogP contribution in [-0.2, 0) is 14.3 Å². The van der Waals surface area contributed by atoms with Crippen molar-refractivity contribution in [2.24, 2.45) is 0 Å². The minimum absolute atomic E-state index is 0.292. The van der Waals surface area contributed by atoms with E-state index in [2.05, 4.69) is 0 Å². The minimum atomic E-state index is -0.292. The summed E-state index contributed by atoms with van der Waals surface area (Å²) in [5.41, 5.74) is 2.06. The summed E-state index contributed by atoms with van der Waals surface area (Å²) in [5, 5.41) is 0. The van der Waals surface area contributed by atoms with Crippen molar-refractivity contribution >= 4 is 24.0 Å². The zero-order valence-electron chi connectivity index (χ0n) is 9.83. The zero-order valence-corrected chi connectivity index (χ0v) is 10.6. The van der Waals surface area contributed by atoms with Gasteiger partial charge in [-0.3, -0.25) is 4.79 Å². The second-order valence-electron chi connectivity index (χ2n) is 3.48. The molecule has 0 unspecified atom stereocenters. The summed E-state index contributed by atoms with van der Waals surface area (Å²) < 4.78 is 4.97. The zero-order chi connectivity index (χ0) is 12.1. The van der Waals surface area contributed by atoms with Crippen LogP contribution in [0.15, 0.2) is 21.6 Å². The first-order chi connectivity index (χ1) is 7.65. The molecule has 0 aromatic carbocycles. The Kier molecular flexibility index (Phi) is 4.80. The molecule has 88 valence electrons. The lowest BCUT2D eigenvalue weighted by molar-refractivity contribution is -0.138. The molecule has 0 aromatic heterocycles. The Labute approximate surface area is 99.9 Å². The Morgan fingerprint density at radius 3 is 2.69 bits per heavy atom. The fourth-order valence-corrected chi connectivity index (χ4v) is 2.50. The van der Waals surface area contributed by atoms with Gasteiger partial charge in [-0.25, -0.2) is 4.79 Å². The second-order valence-corrected chi connectivity index (χ2v) is 4.38. The number of carbonyl (C=O) groups is 2. The van der Waals surface area contributed by atoms with Crippen LogP contribution >= 0.6 is 11.8 Å². The molecule has 0 heterocycles. The van der Waals surface area contributed by atoms with Crippen LogP contribution in [0, 0.1) is 0 Å². The molecule has 4 heteroatoms. The van der Waals surface area contributed by atoms with Crippen LogP contribution in [0.4, 0.5) is 0 Å².